The molecule has 0 radical (unpaired) electrons. The summed E-state index contributed by atoms with van der Waals surface area (Å²) in [4.78, 5) is 56.9. The van der Waals surface area contributed by atoms with Crippen LogP contribution >= 0.6 is 0 Å². The topological polar surface area (TPSA) is 140 Å². The van der Waals surface area contributed by atoms with E-state index in [1.165, 1.54) is 10.5 Å². The fourth-order valence-electron chi connectivity index (χ4n) is 6.01. The molecule has 3 saturated heterocycles. The third-order valence-corrected chi connectivity index (χ3v) is 8.14. The van der Waals surface area contributed by atoms with Crippen molar-refractivity contribution in [1.82, 2.24) is 19.6 Å². The fraction of sp³-hybridized carbons (Fsp3) is 0.607. The number of aryl methyl sites for hydroxylation is 1. The number of piperazine rings is 1. The van der Waals surface area contributed by atoms with Gasteiger partial charge in [-0.3, -0.25) is 9.59 Å². The lowest BCUT2D eigenvalue weighted by molar-refractivity contribution is -0.167. The van der Waals surface area contributed by atoms with Gasteiger partial charge in [0, 0.05) is 45.7 Å². The Morgan fingerprint density at radius 3 is 2.41 bits per heavy atom. The second-order valence-corrected chi connectivity index (χ2v) is 10.8. The van der Waals surface area contributed by atoms with Crippen molar-refractivity contribution in [2.24, 2.45) is 22.8 Å². The van der Waals surface area contributed by atoms with Crippen LogP contribution in [0.2, 0.25) is 0 Å². The molecule has 11 heteroatoms. The van der Waals surface area contributed by atoms with Gasteiger partial charge in [-0.1, -0.05) is 36.8 Å². The zero-order valence-electron chi connectivity index (χ0n) is 22.5. The number of imide groups is 1. The average molecular weight is 541 g/mol. The van der Waals surface area contributed by atoms with E-state index >= 15 is 0 Å². The number of hydrogen-bond donors (Lipinski definition) is 2. The number of amides is 4. The van der Waals surface area contributed by atoms with E-state index in [9.17, 15) is 24.3 Å². The summed E-state index contributed by atoms with van der Waals surface area (Å²) < 4.78 is 0. The molecule has 3 aliphatic rings. The van der Waals surface area contributed by atoms with E-state index in [0.717, 1.165) is 50.0 Å². The molecular weight excluding hydrogens is 500 g/mol. The monoisotopic (exact) mass is 540 g/mol. The molecule has 0 aliphatic carbocycles. The van der Waals surface area contributed by atoms with Crippen LogP contribution in [0.5, 0.6) is 0 Å². The predicted molar refractivity (Wildman–Crippen MR) is 146 cm³/mol. The summed E-state index contributed by atoms with van der Waals surface area (Å²) >= 11 is 0. The van der Waals surface area contributed by atoms with Crippen LogP contribution in [0.15, 0.2) is 35.4 Å². The number of hydrazone groups is 1. The standard InChI is InChI=1S/C28H40N6O5/c29-30-20-31-13-7-11-22(19-31)18-23-25(27(37)38)34(26(23)36)28(39)33-16-14-32(15-17-33)24(35)12-6-2-5-10-21-8-3-1-4-9-21/h1,3-4,8-9,20,22-23,25H,2,5-7,10-19,29H2,(H,37,38)/t22-,23-,25+/m1/s1. The van der Waals surface area contributed by atoms with Crippen molar-refractivity contribution in [3.63, 3.8) is 0 Å². The SMILES string of the molecule is NN=CN1CCC[C@H](C[C@H]2C(=O)N(C(=O)N3CCN(C(=O)CCCCCc4ccccc4)CC3)[C@@H]2C(=O)O)C1. The number of unbranched alkanes of at least 4 members (excludes halogenated alkanes) is 2. The quantitative estimate of drug-likeness (QED) is 0.115. The summed E-state index contributed by atoms with van der Waals surface area (Å²) in [7, 11) is 0. The Hall–Kier alpha value is -3.63. The Morgan fingerprint density at radius 2 is 1.72 bits per heavy atom. The molecule has 4 rings (SSSR count). The summed E-state index contributed by atoms with van der Waals surface area (Å²) in [6, 6.07) is 8.57. The first-order valence-corrected chi connectivity index (χ1v) is 14.0. The van der Waals surface area contributed by atoms with E-state index in [1.54, 1.807) is 11.2 Å². The van der Waals surface area contributed by atoms with E-state index < -0.39 is 29.9 Å². The number of nitrogens with two attached hydrogens (primary N) is 1. The van der Waals surface area contributed by atoms with Crippen molar-refractivity contribution in [2.75, 3.05) is 39.3 Å². The number of carboxylic acid groups (broad SMARTS) is 1. The van der Waals surface area contributed by atoms with Gasteiger partial charge in [-0.15, -0.1) is 0 Å². The highest BCUT2D eigenvalue weighted by Crippen LogP contribution is 2.36. The minimum atomic E-state index is -1.16. The van der Waals surface area contributed by atoms with Gasteiger partial charge in [-0.2, -0.15) is 5.10 Å². The minimum absolute atomic E-state index is 0.0755. The molecule has 3 heterocycles. The van der Waals surface area contributed by atoms with Crippen LogP contribution in [-0.4, -0.2) is 100 Å². The van der Waals surface area contributed by atoms with Gasteiger partial charge in [0.1, 0.15) is 6.34 Å². The van der Waals surface area contributed by atoms with Gasteiger partial charge in [-0.25, -0.2) is 14.5 Å². The van der Waals surface area contributed by atoms with Crippen molar-refractivity contribution in [3.8, 4) is 0 Å². The Kier molecular flexibility index (Phi) is 9.78. The highest BCUT2D eigenvalue weighted by molar-refractivity contribution is 6.07. The zero-order chi connectivity index (χ0) is 27.8. The number of piperidine rings is 1. The van der Waals surface area contributed by atoms with Crippen LogP contribution in [0.1, 0.15) is 50.5 Å². The molecule has 3 fully saturated rings. The van der Waals surface area contributed by atoms with E-state index in [1.807, 2.05) is 23.1 Å². The number of rotatable bonds is 10. The van der Waals surface area contributed by atoms with E-state index in [2.05, 4.69) is 17.2 Å². The van der Waals surface area contributed by atoms with Crippen molar-refractivity contribution in [1.29, 1.82) is 0 Å². The first-order valence-electron chi connectivity index (χ1n) is 14.0. The van der Waals surface area contributed by atoms with Crippen molar-refractivity contribution >= 4 is 30.2 Å². The summed E-state index contributed by atoms with van der Waals surface area (Å²) in [5.41, 5.74) is 1.31. The molecule has 1 aromatic carbocycles. The smallest absolute Gasteiger partial charge is 0.327 e. The number of nitrogens with zero attached hydrogens (tertiary/aromatic N) is 5. The number of β-lactam (4-membered cyclic amide) rings is 1. The van der Waals surface area contributed by atoms with Gasteiger partial charge in [0.2, 0.25) is 11.8 Å². The van der Waals surface area contributed by atoms with Gasteiger partial charge in [0.25, 0.3) is 0 Å². The Labute approximate surface area is 229 Å². The lowest BCUT2D eigenvalue weighted by Crippen LogP contribution is -2.69. The number of urea groups is 1. The van der Waals surface area contributed by atoms with Crippen molar-refractivity contribution in [2.45, 2.75) is 57.4 Å². The maximum atomic E-state index is 13.1. The number of carbonyl (C=O) groups is 4. The summed E-state index contributed by atoms with van der Waals surface area (Å²) in [5, 5.41) is 13.4. The average Bonchev–Trinajstić information content (AvgIpc) is 2.94. The van der Waals surface area contributed by atoms with Crippen LogP contribution in [-0.2, 0) is 20.8 Å². The zero-order valence-corrected chi connectivity index (χ0v) is 22.5. The third-order valence-electron chi connectivity index (χ3n) is 8.14. The lowest BCUT2D eigenvalue weighted by Gasteiger charge is -2.47. The highest BCUT2D eigenvalue weighted by atomic mass is 16.4. The van der Waals surface area contributed by atoms with Crippen LogP contribution in [0.4, 0.5) is 4.79 Å². The van der Waals surface area contributed by atoms with E-state index in [0.29, 0.717) is 32.5 Å². The van der Waals surface area contributed by atoms with Gasteiger partial charge < -0.3 is 25.6 Å². The van der Waals surface area contributed by atoms with Crippen molar-refractivity contribution in [3.05, 3.63) is 35.9 Å². The van der Waals surface area contributed by atoms with E-state index in [-0.39, 0.29) is 24.9 Å². The predicted octanol–water partition coefficient (Wildman–Crippen LogP) is 1.97. The fourth-order valence-corrected chi connectivity index (χ4v) is 6.01. The van der Waals surface area contributed by atoms with Crippen LogP contribution < -0.4 is 5.84 Å². The number of carbonyl (C=O) groups excluding carboxylic acids is 3. The maximum absolute atomic E-state index is 13.1. The van der Waals surface area contributed by atoms with Crippen LogP contribution in [0, 0.1) is 11.8 Å². The molecule has 0 bridgehead atoms. The van der Waals surface area contributed by atoms with Crippen molar-refractivity contribution < 1.29 is 24.3 Å². The second kappa shape index (κ2) is 13.4. The Bertz CT molecular complexity index is 1040. The van der Waals surface area contributed by atoms with Gasteiger partial charge in [-0.05, 0) is 50.0 Å². The molecular formula is C28H40N6O5. The molecule has 3 aliphatic heterocycles. The molecule has 3 N–H and O–H groups in total. The second-order valence-electron chi connectivity index (χ2n) is 10.8. The van der Waals surface area contributed by atoms with Gasteiger partial charge in [0.15, 0.2) is 6.04 Å². The molecule has 1 aromatic rings. The third kappa shape index (κ3) is 7.07. The molecule has 4 amide bonds. The Morgan fingerprint density at radius 1 is 1.00 bits per heavy atom. The van der Waals surface area contributed by atoms with E-state index in [4.69, 9.17) is 5.84 Å². The molecule has 212 valence electrons. The number of aliphatic carboxylic acids is 1. The molecule has 0 spiro atoms. The molecule has 0 unspecified atom stereocenters. The first kappa shape index (κ1) is 28.4. The number of hydrogen-bond acceptors (Lipinski definition) is 6. The molecule has 3 atom stereocenters. The molecule has 0 aromatic heterocycles. The number of carboxylic acids is 1. The molecule has 39 heavy (non-hydrogen) atoms. The molecule has 11 nitrogen and oxygen atoms in total. The number of benzene rings is 1. The number of likely N-dealkylation sites (tertiary alicyclic amines) is 2. The maximum Gasteiger partial charge on any atom is 0.327 e. The summed E-state index contributed by atoms with van der Waals surface area (Å²) in [5.74, 6) is 3.16. The summed E-state index contributed by atoms with van der Waals surface area (Å²) in [6.45, 7) is 2.83. The lowest BCUT2D eigenvalue weighted by atomic mass is 9.78. The minimum Gasteiger partial charge on any atom is -0.480 e. The molecule has 0 saturated carbocycles. The normalized spacial score (nSPS) is 23.7. The van der Waals surface area contributed by atoms with Crippen LogP contribution in [0.3, 0.4) is 0 Å². The highest BCUT2D eigenvalue weighted by Gasteiger charge is 2.56. The largest absolute Gasteiger partial charge is 0.480 e. The van der Waals surface area contributed by atoms with Crippen LogP contribution in [0.25, 0.3) is 0 Å². The van der Waals surface area contributed by atoms with Gasteiger partial charge in [0.05, 0.1) is 5.92 Å². The van der Waals surface area contributed by atoms with Gasteiger partial charge >= 0.3 is 12.0 Å². The summed E-state index contributed by atoms with van der Waals surface area (Å²) in [6.07, 6.45) is 8.11. The first-order chi connectivity index (χ1) is 18.9. The Balaban J connectivity index is 1.20.